The average molecular weight is 410 g/mol. The molecule has 2 N–H and O–H groups in total. The number of benzene rings is 2. The molecule has 1 aromatic heterocycles. The van der Waals surface area contributed by atoms with Crippen molar-refractivity contribution in [3.63, 3.8) is 0 Å². The van der Waals surface area contributed by atoms with Crippen molar-refractivity contribution in [3.8, 4) is 22.8 Å². The van der Waals surface area contributed by atoms with Crippen LogP contribution in [-0.4, -0.2) is 32.1 Å². The maximum atomic E-state index is 10.9. The summed E-state index contributed by atoms with van der Waals surface area (Å²) in [7, 11) is 0. The van der Waals surface area contributed by atoms with Gasteiger partial charge in [0.25, 0.3) is 5.69 Å². The van der Waals surface area contributed by atoms with Crippen LogP contribution in [0.2, 0.25) is 0 Å². The van der Waals surface area contributed by atoms with E-state index >= 15 is 0 Å². The first-order valence-corrected chi connectivity index (χ1v) is 9.43. The number of hydrogen-bond donors (Lipinski definition) is 2. The maximum Gasteiger partial charge on any atom is 0.269 e. The van der Waals surface area contributed by atoms with E-state index < -0.39 is 4.92 Å². The van der Waals surface area contributed by atoms with Crippen LogP contribution in [0.3, 0.4) is 0 Å². The van der Waals surface area contributed by atoms with Crippen LogP contribution in [0.1, 0.15) is 12.5 Å². The van der Waals surface area contributed by atoms with Crippen LogP contribution in [0.4, 0.5) is 5.69 Å². The molecule has 0 bridgehead atoms. The van der Waals surface area contributed by atoms with Gasteiger partial charge in [0, 0.05) is 34.7 Å². The lowest BCUT2D eigenvalue weighted by Gasteiger charge is -2.08. The van der Waals surface area contributed by atoms with Crippen LogP contribution in [0.15, 0.2) is 70.6 Å². The predicted molar refractivity (Wildman–Crippen MR) is 112 cm³/mol. The summed E-state index contributed by atoms with van der Waals surface area (Å²) in [6.45, 7) is 5.80. The number of phenols is 2. The molecule has 1 heterocycles. The molecule has 29 heavy (non-hydrogen) atoms. The summed E-state index contributed by atoms with van der Waals surface area (Å²) in [5.41, 5.74) is 2.40. The molecule has 0 aliphatic heterocycles. The lowest BCUT2D eigenvalue weighted by molar-refractivity contribution is -0.384. The van der Waals surface area contributed by atoms with Gasteiger partial charge in [-0.3, -0.25) is 15.1 Å². The largest absolute Gasteiger partial charge is 0.508 e. The quantitative estimate of drug-likeness (QED) is 0.278. The zero-order valence-electron chi connectivity index (χ0n) is 15.5. The fraction of sp³-hybridized carbons (Fsp3) is 0.100. The summed E-state index contributed by atoms with van der Waals surface area (Å²) >= 11 is 1.37. The van der Waals surface area contributed by atoms with E-state index in [2.05, 4.69) is 16.7 Å². The van der Waals surface area contributed by atoms with E-state index in [0.717, 1.165) is 5.56 Å². The second-order valence-electron chi connectivity index (χ2n) is 6.04. The van der Waals surface area contributed by atoms with Gasteiger partial charge < -0.3 is 10.2 Å². The van der Waals surface area contributed by atoms with E-state index in [-0.39, 0.29) is 17.2 Å². The molecule has 3 aromatic rings. The number of non-ortho nitro benzene ring substituents is 1. The van der Waals surface area contributed by atoms with Gasteiger partial charge in [-0.05, 0) is 31.2 Å². The summed E-state index contributed by atoms with van der Waals surface area (Å²) in [6, 6.07) is 10.4. The number of nitro benzene ring substituents is 1. The molecule has 0 amide bonds. The van der Waals surface area contributed by atoms with Crippen molar-refractivity contribution in [3.05, 3.63) is 81.0 Å². The Hall–Kier alpha value is -3.72. The molecule has 0 aliphatic carbocycles. The van der Waals surface area contributed by atoms with Gasteiger partial charge in [-0.25, -0.2) is 4.68 Å². The van der Waals surface area contributed by atoms with Crippen molar-refractivity contribution >= 4 is 22.7 Å². The normalized spacial score (nSPS) is 12.2. The van der Waals surface area contributed by atoms with Crippen molar-refractivity contribution in [2.24, 2.45) is 10.1 Å². The van der Waals surface area contributed by atoms with E-state index in [1.165, 1.54) is 35.6 Å². The number of thiazole rings is 1. The molecule has 3 rings (SSSR count). The smallest absolute Gasteiger partial charge is 0.269 e. The SMILES string of the molecule is C=CCN=c1scc(-c2ccc([N+](=O)[O-])cc2)n1N=C(C)c1ccc(O)cc1O. The Morgan fingerprint density at radius 1 is 1.28 bits per heavy atom. The first-order valence-electron chi connectivity index (χ1n) is 8.55. The first kappa shape index (κ1) is 20.0. The lowest BCUT2D eigenvalue weighted by Crippen LogP contribution is -2.14. The van der Waals surface area contributed by atoms with Crippen molar-refractivity contribution < 1.29 is 15.1 Å². The fourth-order valence-electron chi connectivity index (χ4n) is 2.63. The topological polar surface area (TPSA) is 113 Å². The summed E-state index contributed by atoms with van der Waals surface area (Å²) in [4.78, 5) is 15.5. The Morgan fingerprint density at radius 2 is 2.00 bits per heavy atom. The van der Waals surface area contributed by atoms with Crippen LogP contribution in [-0.2, 0) is 0 Å². The number of hydrogen-bond acceptors (Lipinski definition) is 7. The van der Waals surface area contributed by atoms with Gasteiger partial charge in [0.05, 0.1) is 22.9 Å². The van der Waals surface area contributed by atoms with Gasteiger partial charge in [-0.15, -0.1) is 17.9 Å². The third-order valence-electron chi connectivity index (χ3n) is 4.04. The zero-order valence-corrected chi connectivity index (χ0v) is 16.3. The molecule has 0 unspecified atom stereocenters. The fourth-order valence-corrected chi connectivity index (χ4v) is 3.47. The standard InChI is InChI=1S/C20H18N4O4S/c1-3-10-21-20-23(22-13(2)17-9-8-16(25)11-19(17)26)18(12-29-20)14-4-6-15(7-5-14)24(27)28/h3-9,11-12,25-26H,1,10H2,2H3. The average Bonchev–Trinajstić information content (AvgIpc) is 3.08. The highest BCUT2D eigenvalue weighted by molar-refractivity contribution is 7.07. The molecule has 2 aromatic carbocycles. The highest BCUT2D eigenvalue weighted by Crippen LogP contribution is 2.25. The van der Waals surface area contributed by atoms with Crippen LogP contribution in [0.5, 0.6) is 11.5 Å². The van der Waals surface area contributed by atoms with Crippen molar-refractivity contribution in [2.45, 2.75) is 6.92 Å². The van der Waals surface area contributed by atoms with E-state index in [0.29, 0.717) is 28.3 Å². The molecule has 9 heteroatoms. The van der Waals surface area contributed by atoms with Crippen LogP contribution >= 0.6 is 11.3 Å². The number of aromatic hydroxyl groups is 2. The minimum Gasteiger partial charge on any atom is -0.508 e. The van der Waals surface area contributed by atoms with Gasteiger partial charge in [0.1, 0.15) is 11.5 Å². The van der Waals surface area contributed by atoms with Crippen molar-refractivity contribution in [1.82, 2.24) is 4.68 Å². The van der Waals surface area contributed by atoms with Gasteiger partial charge >= 0.3 is 0 Å². The second-order valence-corrected chi connectivity index (χ2v) is 6.87. The van der Waals surface area contributed by atoms with E-state index in [9.17, 15) is 20.3 Å². The Balaban J connectivity index is 2.14. The van der Waals surface area contributed by atoms with E-state index in [1.54, 1.807) is 35.9 Å². The summed E-state index contributed by atoms with van der Waals surface area (Å²) in [5, 5.41) is 37.0. The number of rotatable bonds is 6. The van der Waals surface area contributed by atoms with Gasteiger partial charge in [-0.2, -0.15) is 5.10 Å². The Bertz CT molecular complexity index is 1160. The second kappa shape index (κ2) is 8.53. The molecular formula is C20H18N4O4S. The van der Waals surface area contributed by atoms with E-state index in [4.69, 9.17) is 0 Å². The molecule has 0 spiro atoms. The predicted octanol–water partition coefficient (Wildman–Crippen LogP) is 3.90. The monoisotopic (exact) mass is 410 g/mol. The minimum absolute atomic E-state index is 0.000736. The molecule has 8 nitrogen and oxygen atoms in total. The van der Waals surface area contributed by atoms with Crippen molar-refractivity contribution in [2.75, 3.05) is 6.54 Å². The van der Waals surface area contributed by atoms with Crippen LogP contribution < -0.4 is 4.80 Å². The Morgan fingerprint density at radius 3 is 2.62 bits per heavy atom. The third kappa shape index (κ3) is 4.41. The molecule has 0 saturated carbocycles. The lowest BCUT2D eigenvalue weighted by atomic mass is 10.1. The highest BCUT2D eigenvalue weighted by Gasteiger charge is 2.12. The number of aromatic nitrogens is 1. The minimum atomic E-state index is -0.452. The summed E-state index contributed by atoms with van der Waals surface area (Å²) < 4.78 is 1.62. The van der Waals surface area contributed by atoms with Gasteiger partial charge in [0.2, 0.25) is 4.80 Å². The zero-order chi connectivity index (χ0) is 21.0. The Labute approximate surface area is 170 Å². The number of phenolic OH excluding ortho intramolecular Hbond substituents is 2. The summed E-state index contributed by atoms with van der Waals surface area (Å²) in [6.07, 6.45) is 1.66. The molecule has 0 saturated heterocycles. The maximum absolute atomic E-state index is 10.9. The third-order valence-corrected chi connectivity index (χ3v) is 4.89. The van der Waals surface area contributed by atoms with Crippen molar-refractivity contribution in [1.29, 1.82) is 0 Å². The molecule has 0 fully saturated rings. The Kier molecular flexibility index (Phi) is 5.89. The van der Waals surface area contributed by atoms with Gasteiger partial charge in [0.15, 0.2) is 0 Å². The molecule has 0 atom stereocenters. The van der Waals surface area contributed by atoms with Crippen LogP contribution in [0, 0.1) is 10.1 Å². The van der Waals surface area contributed by atoms with Crippen LogP contribution in [0.25, 0.3) is 11.3 Å². The number of nitro groups is 1. The van der Waals surface area contributed by atoms with E-state index in [1.807, 2.05) is 5.38 Å². The number of nitrogens with zero attached hydrogens (tertiary/aromatic N) is 4. The highest BCUT2D eigenvalue weighted by atomic mass is 32.1. The molecule has 0 aliphatic rings. The molecule has 148 valence electrons. The molecule has 0 radical (unpaired) electrons. The summed E-state index contributed by atoms with van der Waals surface area (Å²) in [5.74, 6) is -0.140. The first-order chi connectivity index (χ1) is 13.9. The molecular weight excluding hydrogens is 392 g/mol. The van der Waals surface area contributed by atoms with Gasteiger partial charge in [-0.1, -0.05) is 6.08 Å².